The van der Waals surface area contributed by atoms with Gasteiger partial charge in [-0.1, -0.05) is 24.6 Å². The average Bonchev–Trinajstić information content (AvgIpc) is 3.24. The van der Waals surface area contributed by atoms with E-state index in [0.29, 0.717) is 12.0 Å². The van der Waals surface area contributed by atoms with Gasteiger partial charge in [0.15, 0.2) is 29.4 Å². The maximum absolute atomic E-state index is 17.4. The molecule has 214 valence electrons. The molecule has 2 saturated carbocycles. The molecule has 0 aromatic rings. The molecule has 8 atom stereocenters. The highest BCUT2D eigenvalue weighted by Crippen LogP contribution is 2.71. The number of allylic oxidation sites excluding steroid dienone is 4. The number of hydrogen-bond donors (Lipinski definition) is 1. The Morgan fingerprint density at radius 3 is 2.67 bits per heavy atom. The Bertz CT molecular complexity index is 1180. The predicted octanol–water partition coefficient (Wildman–Crippen LogP) is 2.57. The third-order valence-electron chi connectivity index (χ3n) is 9.88. The van der Waals surface area contributed by atoms with Crippen LogP contribution >= 0.6 is 0 Å². The van der Waals surface area contributed by atoms with Crippen molar-refractivity contribution in [3.8, 4) is 0 Å². The van der Waals surface area contributed by atoms with E-state index in [0.717, 1.165) is 0 Å². The van der Waals surface area contributed by atoms with Crippen molar-refractivity contribution in [1.82, 2.24) is 0 Å². The minimum absolute atomic E-state index is 0.101. The number of alkyl halides is 1. The summed E-state index contributed by atoms with van der Waals surface area (Å²) in [5.41, 5.74) is -5.30. The van der Waals surface area contributed by atoms with E-state index in [1.165, 1.54) is 6.08 Å². The fourth-order valence-corrected chi connectivity index (χ4v) is 8.24. The van der Waals surface area contributed by atoms with Crippen LogP contribution in [0.15, 0.2) is 23.8 Å². The lowest BCUT2D eigenvalue weighted by Crippen LogP contribution is -2.69. The molecule has 1 unspecified atom stereocenters. The SMILES string of the molecule is CC1(C)O[C@@H]2C[C@H]3C4CC=C5CC(=O)C=C[C@]5(C)[C@@]4(F)[C@@H](O)C[C@]3(C)[C@]2(C(=O)COC(=O)CCO[N+](=O)[O-])O1. The van der Waals surface area contributed by atoms with Gasteiger partial charge in [0.25, 0.3) is 5.09 Å². The Kier molecular flexibility index (Phi) is 6.36. The molecule has 12 heteroatoms. The minimum Gasteiger partial charge on any atom is -0.457 e. The second-order valence-electron chi connectivity index (χ2n) is 12.2. The van der Waals surface area contributed by atoms with Crippen LogP contribution < -0.4 is 0 Å². The Morgan fingerprint density at radius 1 is 1.26 bits per heavy atom. The molecule has 11 nitrogen and oxygen atoms in total. The summed E-state index contributed by atoms with van der Waals surface area (Å²) < 4.78 is 35.1. The Balaban J connectivity index is 1.46. The molecule has 1 N–H and O–H groups in total. The smallest absolute Gasteiger partial charge is 0.308 e. The lowest BCUT2D eigenvalue weighted by Gasteiger charge is -2.62. The van der Waals surface area contributed by atoms with Crippen LogP contribution in [-0.2, 0) is 33.4 Å². The van der Waals surface area contributed by atoms with E-state index in [2.05, 4.69) is 4.84 Å². The zero-order chi connectivity index (χ0) is 28.6. The number of halogens is 1. The summed E-state index contributed by atoms with van der Waals surface area (Å²) in [5, 5.41) is 20.9. The van der Waals surface area contributed by atoms with Crippen molar-refractivity contribution in [3.63, 3.8) is 0 Å². The van der Waals surface area contributed by atoms with Crippen LogP contribution in [0.1, 0.15) is 59.8 Å². The summed E-state index contributed by atoms with van der Waals surface area (Å²) in [7, 11) is 0. The standard InChI is InChI=1S/C27H34FNO10/c1-23(2)38-21-12-18-17-6-5-15-11-16(30)7-9-24(15,3)26(17,28)19(31)13-25(18,4)27(21,39-23)20(32)14-36-22(33)8-10-37-29(34)35/h5,7,9,17-19,21,31H,6,8,10-14H2,1-4H3/t17?,18-,19-,21+,24-,25-,26-,27+/m0/s1. The molecule has 39 heavy (non-hydrogen) atoms. The van der Waals surface area contributed by atoms with Crippen LogP contribution in [0, 0.1) is 32.8 Å². The molecule has 0 amide bonds. The third kappa shape index (κ3) is 3.81. The van der Waals surface area contributed by atoms with Gasteiger partial charge in [-0.05, 0) is 52.0 Å². The summed E-state index contributed by atoms with van der Waals surface area (Å²) in [4.78, 5) is 52.6. The number of carbonyl (C=O) groups excluding carboxylic acids is 3. The van der Waals surface area contributed by atoms with Crippen LogP contribution in [0.25, 0.3) is 0 Å². The van der Waals surface area contributed by atoms with Crippen molar-refractivity contribution >= 4 is 17.5 Å². The average molecular weight is 552 g/mol. The van der Waals surface area contributed by atoms with Crippen molar-refractivity contribution < 1.29 is 48.0 Å². The quantitative estimate of drug-likeness (QED) is 0.216. The number of rotatable bonds is 7. The largest absolute Gasteiger partial charge is 0.457 e. The highest BCUT2D eigenvalue weighted by atomic mass is 19.1. The van der Waals surface area contributed by atoms with Crippen LogP contribution in [0.4, 0.5) is 4.39 Å². The number of Topliss-reactive ketones (excluding diaryl/α,β-unsaturated/α-hetero) is 1. The first kappa shape index (κ1) is 27.9. The topological polar surface area (TPSA) is 152 Å². The summed E-state index contributed by atoms with van der Waals surface area (Å²) >= 11 is 0. The molecule has 1 heterocycles. The van der Waals surface area contributed by atoms with Gasteiger partial charge in [0.2, 0.25) is 5.78 Å². The van der Waals surface area contributed by atoms with Gasteiger partial charge < -0.3 is 24.2 Å². The van der Waals surface area contributed by atoms with Crippen molar-refractivity contribution in [2.45, 2.75) is 89.1 Å². The zero-order valence-electron chi connectivity index (χ0n) is 22.4. The lowest BCUT2D eigenvalue weighted by atomic mass is 9.45. The van der Waals surface area contributed by atoms with Gasteiger partial charge in [0, 0.05) is 23.2 Å². The summed E-state index contributed by atoms with van der Waals surface area (Å²) in [6, 6.07) is 0. The van der Waals surface area contributed by atoms with Crippen LogP contribution in [-0.4, -0.2) is 70.2 Å². The zero-order valence-corrected chi connectivity index (χ0v) is 22.4. The van der Waals surface area contributed by atoms with E-state index in [9.17, 15) is 29.6 Å². The number of carbonyl (C=O) groups is 3. The number of fused-ring (bicyclic) bond motifs is 7. The fraction of sp³-hybridized carbons (Fsp3) is 0.741. The van der Waals surface area contributed by atoms with Crippen LogP contribution in [0.3, 0.4) is 0 Å². The Labute approximate surface area is 224 Å². The number of aliphatic hydroxyl groups excluding tert-OH is 1. The number of hydrogen-bond acceptors (Lipinski definition) is 10. The van der Waals surface area contributed by atoms with E-state index in [-0.39, 0.29) is 25.0 Å². The highest BCUT2D eigenvalue weighted by molar-refractivity contribution is 5.94. The molecular weight excluding hydrogens is 517 g/mol. The second-order valence-corrected chi connectivity index (χ2v) is 12.2. The van der Waals surface area contributed by atoms with Crippen molar-refractivity contribution in [2.75, 3.05) is 13.2 Å². The van der Waals surface area contributed by atoms with Gasteiger partial charge in [-0.15, -0.1) is 10.1 Å². The number of ether oxygens (including phenoxy) is 3. The van der Waals surface area contributed by atoms with Crippen molar-refractivity contribution in [1.29, 1.82) is 0 Å². The lowest BCUT2D eigenvalue weighted by molar-refractivity contribution is -0.757. The molecule has 0 bridgehead atoms. The predicted molar refractivity (Wildman–Crippen MR) is 130 cm³/mol. The van der Waals surface area contributed by atoms with E-state index < -0.39 is 88.4 Å². The van der Waals surface area contributed by atoms with E-state index in [1.54, 1.807) is 33.8 Å². The molecule has 5 rings (SSSR count). The second kappa shape index (κ2) is 8.90. The van der Waals surface area contributed by atoms with E-state index >= 15 is 4.39 Å². The molecule has 5 aliphatic rings. The van der Waals surface area contributed by atoms with Crippen molar-refractivity contribution in [2.24, 2.45) is 22.7 Å². The Morgan fingerprint density at radius 2 is 1.97 bits per heavy atom. The van der Waals surface area contributed by atoms with E-state index in [1.807, 2.05) is 6.08 Å². The minimum atomic E-state index is -2.08. The van der Waals surface area contributed by atoms with Crippen LogP contribution in [0.5, 0.6) is 0 Å². The molecule has 4 aliphatic carbocycles. The number of aliphatic hydroxyl groups is 1. The number of nitrogens with zero attached hydrogens (tertiary/aromatic N) is 1. The summed E-state index contributed by atoms with van der Waals surface area (Å²) in [6.45, 7) is 5.66. The molecule has 0 spiro atoms. The third-order valence-corrected chi connectivity index (χ3v) is 9.88. The van der Waals surface area contributed by atoms with Crippen LogP contribution in [0.2, 0.25) is 0 Å². The molecule has 0 radical (unpaired) electrons. The summed E-state index contributed by atoms with van der Waals surface area (Å²) in [5.74, 6) is -3.83. The molecular formula is C27H34FNO10. The number of ketones is 2. The number of esters is 1. The fourth-order valence-electron chi connectivity index (χ4n) is 8.24. The molecule has 3 fully saturated rings. The molecule has 1 aliphatic heterocycles. The maximum Gasteiger partial charge on any atom is 0.308 e. The molecule has 0 aromatic carbocycles. The van der Waals surface area contributed by atoms with Gasteiger partial charge >= 0.3 is 5.97 Å². The van der Waals surface area contributed by atoms with Gasteiger partial charge in [0.05, 0.1) is 18.6 Å². The van der Waals surface area contributed by atoms with Crippen molar-refractivity contribution in [3.05, 3.63) is 33.9 Å². The molecule has 1 saturated heterocycles. The Hall–Kier alpha value is -2.70. The van der Waals surface area contributed by atoms with Gasteiger partial charge in [-0.2, -0.15) is 0 Å². The van der Waals surface area contributed by atoms with Gasteiger partial charge in [-0.3, -0.25) is 14.4 Å². The maximum atomic E-state index is 17.4. The first-order valence-corrected chi connectivity index (χ1v) is 13.2. The highest BCUT2D eigenvalue weighted by Gasteiger charge is 2.80. The summed E-state index contributed by atoms with van der Waals surface area (Å²) in [6.07, 6.45) is 2.73. The van der Waals surface area contributed by atoms with E-state index in [4.69, 9.17) is 14.2 Å². The monoisotopic (exact) mass is 551 g/mol. The normalized spacial score (nSPS) is 43.4. The molecule has 0 aromatic heterocycles. The van der Waals surface area contributed by atoms with Gasteiger partial charge in [0.1, 0.15) is 6.61 Å². The first-order chi connectivity index (χ1) is 18.1. The van der Waals surface area contributed by atoms with Gasteiger partial charge in [-0.25, -0.2) is 4.39 Å². The first-order valence-electron chi connectivity index (χ1n) is 13.2.